The molecule has 0 amide bonds. The van der Waals surface area contributed by atoms with Crippen LogP contribution in [0.4, 0.5) is 5.95 Å². The van der Waals surface area contributed by atoms with Gasteiger partial charge >= 0.3 is 0 Å². The van der Waals surface area contributed by atoms with E-state index in [0.29, 0.717) is 6.04 Å². The van der Waals surface area contributed by atoms with E-state index in [1.54, 1.807) is 19.5 Å². The number of methoxy groups -OCH3 is 1. The monoisotopic (exact) mass is 193 g/mol. The number of rotatable bonds is 3. The summed E-state index contributed by atoms with van der Waals surface area (Å²) in [7, 11) is 1.74. The first-order valence-corrected chi connectivity index (χ1v) is 4.94. The van der Waals surface area contributed by atoms with E-state index in [1.807, 2.05) is 6.07 Å². The Hall–Kier alpha value is -1.16. The number of aromatic nitrogens is 2. The van der Waals surface area contributed by atoms with Crippen molar-refractivity contribution in [3.8, 4) is 0 Å². The first-order chi connectivity index (χ1) is 6.92. The van der Waals surface area contributed by atoms with E-state index in [2.05, 4.69) is 14.9 Å². The van der Waals surface area contributed by atoms with E-state index < -0.39 is 0 Å². The van der Waals surface area contributed by atoms with Crippen LogP contribution in [0.3, 0.4) is 0 Å². The summed E-state index contributed by atoms with van der Waals surface area (Å²) in [6.07, 6.45) is 5.94. The van der Waals surface area contributed by atoms with Crippen LogP contribution in [0, 0.1) is 0 Å². The highest BCUT2D eigenvalue weighted by Gasteiger charge is 2.25. The summed E-state index contributed by atoms with van der Waals surface area (Å²) in [6.45, 7) is 1.80. The van der Waals surface area contributed by atoms with Crippen molar-refractivity contribution in [2.24, 2.45) is 0 Å². The molecule has 1 aliphatic heterocycles. The third kappa shape index (κ3) is 1.85. The Bertz CT molecular complexity index is 278. The zero-order valence-corrected chi connectivity index (χ0v) is 8.39. The van der Waals surface area contributed by atoms with Crippen LogP contribution in [-0.2, 0) is 4.74 Å². The summed E-state index contributed by atoms with van der Waals surface area (Å²) >= 11 is 0. The van der Waals surface area contributed by atoms with E-state index in [-0.39, 0.29) is 0 Å². The fourth-order valence-corrected chi connectivity index (χ4v) is 1.90. The summed E-state index contributed by atoms with van der Waals surface area (Å²) in [6, 6.07) is 2.28. The molecule has 1 saturated heterocycles. The molecule has 0 aliphatic carbocycles. The van der Waals surface area contributed by atoms with Crippen LogP contribution in [0.2, 0.25) is 0 Å². The topological polar surface area (TPSA) is 38.2 Å². The van der Waals surface area contributed by atoms with Crippen LogP contribution in [0.25, 0.3) is 0 Å². The van der Waals surface area contributed by atoms with Crippen molar-refractivity contribution in [3.63, 3.8) is 0 Å². The fourth-order valence-electron chi connectivity index (χ4n) is 1.90. The molecule has 0 aromatic carbocycles. The number of hydrogen-bond donors (Lipinski definition) is 0. The third-order valence-electron chi connectivity index (χ3n) is 2.55. The quantitative estimate of drug-likeness (QED) is 0.720. The summed E-state index contributed by atoms with van der Waals surface area (Å²) in [5.74, 6) is 0.826. The van der Waals surface area contributed by atoms with Gasteiger partial charge in [-0.3, -0.25) is 0 Å². The van der Waals surface area contributed by atoms with Gasteiger partial charge in [-0.05, 0) is 18.9 Å². The Balaban J connectivity index is 2.10. The molecule has 0 unspecified atom stereocenters. The first-order valence-electron chi connectivity index (χ1n) is 4.94. The summed E-state index contributed by atoms with van der Waals surface area (Å²) < 4.78 is 5.18. The predicted molar refractivity (Wildman–Crippen MR) is 54.3 cm³/mol. The fraction of sp³-hybridized carbons (Fsp3) is 0.600. The van der Waals surface area contributed by atoms with E-state index in [0.717, 1.165) is 19.1 Å². The minimum atomic E-state index is 0.447. The van der Waals surface area contributed by atoms with Crippen LogP contribution in [0.5, 0.6) is 0 Å². The van der Waals surface area contributed by atoms with Gasteiger partial charge in [-0.1, -0.05) is 0 Å². The second-order valence-corrected chi connectivity index (χ2v) is 3.49. The van der Waals surface area contributed by atoms with Gasteiger partial charge in [-0.2, -0.15) is 0 Å². The lowest BCUT2D eigenvalue weighted by Crippen LogP contribution is -2.33. The van der Waals surface area contributed by atoms with E-state index in [1.165, 1.54) is 12.8 Å². The highest BCUT2D eigenvalue weighted by atomic mass is 16.5. The Kier molecular flexibility index (Phi) is 2.93. The lowest BCUT2D eigenvalue weighted by molar-refractivity contribution is 0.180. The van der Waals surface area contributed by atoms with Gasteiger partial charge in [-0.15, -0.1) is 0 Å². The molecule has 0 saturated carbocycles. The molecule has 1 aliphatic rings. The minimum Gasteiger partial charge on any atom is -0.383 e. The van der Waals surface area contributed by atoms with Crippen molar-refractivity contribution in [2.75, 3.05) is 25.2 Å². The third-order valence-corrected chi connectivity index (χ3v) is 2.55. The van der Waals surface area contributed by atoms with Crippen LogP contribution in [0.1, 0.15) is 12.8 Å². The van der Waals surface area contributed by atoms with Gasteiger partial charge in [0.05, 0.1) is 12.6 Å². The second-order valence-electron chi connectivity index (χ2n) is 3.49. The van der Waals surface area contributed by atoms with Crippen LogP contribution < -0.4 is 4.90 Å². The molecular weight excluding hydrogens is 178 g/mol. The first kappa shape index (κ1) is 9.40. The molecule has 1 atom stereocenters. The molecule has 2 heterocycles. The summed E-state index contributed by atoms with van der Waals surface area (Å²) in [4.78, 5) is 10.7. The van der Waals surface area contributed by atoms with Gasteiger partial charge < -0.3 is 9.64 Å². The van der Waals surface area contributed by atoms with Crippen molar-refractivity contribution >= 4 is 5.95 Å². The molecule has 4 heteroatoms. The molecule has 1 fully saturated rings. The maximum absolute atomic E-state index is 5.18. The standard InChI is InChI=1S/C10H15N3O/c1-14-8-9-4-2-7-13(9)10-11-5-3-6-12-10/h3,5-6,9H,2,4,7-8H2,1H3/t9-/m1/s1. The number of nitrogens with zero attached hydrogens (tertiary/aromatic N) is 3. The molecule has 0 N–H and O–H groups in total. The maximum atomic E-state index is 5.18. The van der Waals surface area contributed by atoms with Gasteiger partial charge in [0.2, 0.25) is 5.95 Å². The maximum Gasteiger partial charge on any atom is 0.225 e. The average molecular weight is 193 g/mol. The molecule has 1 aromatic rings. The molecule has 0 bridgehead atoms. The van der Waals surface area contributed by atoms with Gasteiger partial charge in [0.15, 0.2) is 0 Å². The molecule has 1 aromatic heterocycles. The zero-order valence-electron chi connectivity index (χ0n) is 8.39. The van der Waals surface area contributed by atoms with Crippen molar-refractivity contribution < 1.29 is 4.74 Å². The Morgan fingerprint density at radius 2 is 2.29 bits per heavy atom. The average Bonchev–Trinajstić information content (AvgIpc) is 2.68. The predicted octanol–water partition coefficient (Wildman–Crippen LogP) is 1.09. The van der Waals surface area contributed by atoms with Crippen molar-refractivity contribution in [3.05, 3.63) is 18.5 Å². The highest BCUT2D eigenvalue weighted by molar-refractivity contribution is 5.32. The van der Waals surface area contributed by atoms with Crippen LogP contribution in [0.15, 0.2) is 18.5 Å². The van der Waals surface area contributed by atoms with Gasteiger partial charge in [0.1, 0.15) is 0 Å². The normalized spacial score (nSPS) is 21.5. The molecule has 0 spiro atoms. The smallest absolute Gasteiger partial charge is 0.225 e. The number of hydrogen-bond acceptors (Lipinski definition) is 4. The van der Waals surface area contributed by atoms with E-state index in [9.17, 15) is 0 Å². The molecule has 76 valence electrons. The Labute approximate surface area is 83.9 Å². The van der Waals surface area contributed by atoms with Gasteiger partial charge in [0.25, 0.3) is 0 Å². The SMILES string of the molecule is COC[C@H]1CCCN1c1ncccn1. The number of anilines is 1. The van der Waals surface area contributed by atoms with Gasteiger partial charge in [-0.25, -0.2) is 9.97 Å². The van der Waals surface area contributed by atoms with E-state index >= 15 is 0 Å². The van der Waals surface area contributed by atoms with Crippen LogP contribution >= 0.6 is 0 Å². The van der Waals surface area contributed by atoms with Crippen molar-refractivity contribution in [2.45, 2.75) is 18.9 Å². The van der Waals surface area contributed by atoms with Crippen molar-refractivity contribution in [1.29, 1.82) is 0 Å². The van der Waals surface area contributed by atoms with Crippen LogP contribution in [-0.4, -0.2) is 36.3 Å². The zero-order chi connectivity index (χ0) is 9.80. The minimum absolute atomic E-state index is 0.447. The van der Waals surface area contributed by atoms with E-state index in [4.69, 9.17) is 4.74 Å². The molecule has 4 nitrogen and oxygen atoms in total. The Morgan fingerprint density at radius 1 is 1.50 bits per heavy atom. The lowest BCUT2D eigenvalue weighted by Gasteiger charge is -2.23. The summed E-state index contributed by atoms with van der Waals surface area (Å²) in [5, 5.41) is 0. The largest absolute Gasteiger partial charge is 0.383 e. The molecule has 2 rings (SSSR count). The second kappa shape index (κ2) is 4.37. The molecular formula is C10H15N3O. The Morgan fingerprint density at radius 3 is 3.00 bits per heavy atom. The van der Waals surface area contributed by atoms with Crippen molar-refractivity contribution in [1.82, 2.24) is 9.97 Å². The summed E-state index contributed by atoms with van der Waals surface area (Å²) in [5.41, 5.74) is 0. The molecule has 14 heavy (non-hydrogen) atoms. The lowest BCUT2D eigenvalue weighted by atomic mass is 10.2. The number of ether oxygens (including phenoxy) is 1. The van der Waals surface area contributed by atoms with Gasteiger partial charge in [0, 0.05) is 26.0 Å². The molecule has 0 radical (unpaired) electrons. The highest BCUT2D eigenvalue weighted by Crippen LogP contribution is 2.21.